The predicted molar refractivity (Wildman–Crippen MR) is 80.2 cm³/mol. The highest BCUT2D eigenvalue weighted by Crippen LogP contribution is 2.25. The molecule has 0 aliphatic carbocycles. The van der Waals surface area contributed by atoms with Crippen LogP contribution in [0.5, 0.6) is 0 Å². The van der Waals surface area contributed by atoms with Gasteiger partial charge >= 0.3 is 0 Å². The van der Waals surface area contributed by atoms with E-state index in [1.807, 2.05) is 12.1 Å². The minimum absolute atomic E-state index is 0.147. The molecule has 98 valence electrons. The Hall–Kier alpha value is -1.22. The molecule has 1 N–H and O–H groups in total. The number of amides is 1. The van der Waals surface area contributed by atoms with Crippen LogP contribution in [0.4, 0.5) is 5.69 Å². The second-order valence-corrected chi connectivity index (χ2v) is 5.26. The van der Waals surface area contributed by atoms with Crippen molar-refractivity contribution in [2.75, 3.05) is 5.32 Å². The van der Waals surface area contributed by atoms with Crippen LogP contribution in [0.3, 0.4) is 0 Å². The molecule has 0 heterocycles. The molecule has 1 amide bonds. The topological polar surface area (TPSA) is 29.1 Å². The summed E-state index contributed by atoms with van der Waals surface area (Å²) in [6.45, 7) is 0. The highest BCUT2D eigenvalue weighted by atomic mass is 35.5. The van der Waals surface area contributed by atoms with Crippen LogP contribution in [-0.4, -0.2) is 5.91 Å². The van der Waals surface area contributed by atoms with Crippen molar-refractivity contribution < 1.29 is 4.79 Å². The average molecular weight is 315 g/mol. The molecule has 0 fully saturated rings. The Labute approximate surface area is 126 Å². The Morgan fingerprint density at radius 2 is 1.58 bits per heavy atom. The van der Waals surface area contributed by atoms with Gasteiger partial charge in [-0.3, -0.25) is 4.79 Å². The summed E-state index contributed by atoms with van der Waals surface area (Å²) in [6.07, 6.45) is 0.260. The highest BCUT2D eigenvalue weighted by Gasteiger charge is 2.07. The van der Waals surface area contributed by atoms with Gasteiger partial charge in [-0.2, -0.15) is 0 Å². The van der Waals surface area contributed by atoms with Crippen LogP contribution in [0.25, 0.3) is 0 Å². The summed E-state index contributed by atoms with van der Waals surface area (Å²) < 4.78 is 0. The molecular weight excluding hydrogens is 305 g/mol. The maximum atomic E-state index is 11.9. The zero-order valence-electron chi connectivity index (χ0n) is 9.79. The lowest BCUT2D eigenvalue weighted by molar-refractivity contribution is -0.115. The molecule has 0 aliphatic heterocycles. The molecule has 2 nitrogen and oxygen atoms in total. The second-order valence-electron chi connectivity index (χ2n) is 3.98. The Bertz CT molecular complexity index is 596. The molecule has 0 bridgehead atoms. The largest absolute Gasteiger partial charge is 0.324 e. The van der Waals surface area contributed by atoms with Crippen molar-refractivity contribution in [3.05, 3.63) is 63.1 Å². The van der Waals surface area contributed by atoms with E-state index in [-0.39, 0.29) is 12.3 Å². The fourth-order valence-corrected chi connectivity index (χ4v) is 2.15. The first kappa shape index (κ1) is 14.2. The van der Waals surface area contributed by atoms with Gasteiger partial charge in [0, 0.05) is 10.0 Å². The Morgan fingerprint density at radius 1 is 0.947 bits per heavy atom. The second kappa shape index (κ2) is 6.29. The smallest absolute Gasteiger partial charge is 0.228 e. The fourth-order valence-electron chi connectivity index (χ4n) is 1.57. The molecule has 0 spiro atoms. The lowest BCUT2D eigenvalue weighted by Crippen LogP contribution is -2.14. The van der Waals surface area contributed by atoms with Crippen molar-refractivity contribution in [2.45, 2.75) is 6.42 Å². The van der Waals surface area contributed by atoms with E-state index >= 15 is 0 Å². The minimum atomic E-state index is -0.147. The van der Waals surface area contributed by atoms with Crippen LogP contribution < -0.4 is 5.32 Å². The molecule has 0 saturated carbocycles. The minimum Gasteiger partial charge on any atom is -0.324 e. The first-order chi connectivity index (χ1) is 9.04. The normalized spacial score (nSPS) is 10.3. The van der Waals surface area contributed by atoms with Crippen LogP contribution >= 0.6 is 34.8 Å². The van der Waals surface area contributed by atoms with Gasteiger partial charge in [-0.15, -0.1) is 0 Å². The lowest BCUT2D eigenvalue weighted by atomic mass is 10.1. The van der Waals surface area contributed by atoms with E-state index in [0.29, 0.717) is 20.8 Å². The van der Waals surface area contributed by atoms with Gasteiger partial charge in [-0.25, -0.2) is 0 Å². The zero-order valence-corrected chi connectivity index (χ0v) is 12.1. The summed E-state index contributed by atoms with van der Waals surface area (Å²) in [7, 11) is 0. The fraction of sp³-hybridized carbons (Fsp3) is 0.0714. The third-order valence-corrected chi connectivity index (χ3v) is 3.28. The van der Waals surface area contributed by atoms with E-state index in [2.05, 4.69) is 5.32 Å². The van der Waals surface area contributed by atoms with Gasteiger partial charge in [0.15, 0.2) is 0 Å². The molecule has 2 rings (SSSR count). The van der Waals surface area contributed by atoms with E-state index < -0.39 is 0 Å². The van der Waals surface area contributed by atoms with E-state index in [9.17, 15) is 4.79 Å². The summed E-state index contributed by atoms with van der Waals surface area (Å²) in [6, 6.07) is 12.0. The SMILES string of the molecule is O=C(Cc1ccc(Cl)cc1)Nc1ccc(Cl)cc1Cl. The van der Waals surface area contributed by atoms with Gasteiger partial charge in [0.25, 0.3) is 0 Å². The summed E-state index contributed by atoms with van der Waals surface area (Å²) in [4.78, 5) is 11.9. The Kier molecular flexibility index (Phi) is 4.70. The van der Waals surface area contributed by atoms with Crippen LogP contribution in [0.2, 0.25) is 15.1 Å². The molecule has 0 aliphatic rings. The number of hydrogen-bond acceptors (Lipinski definition) is 1. The van der Waals surface area contributed by atoms with Crippen molar-refractivity contribution in [1.29, 1.82) is 0 Å². The van der Waals surface area contributed by atoms with Crippen LogP contribution in [-0.2, 0) is 11.2 Å². The average Bonchev–Trinajstić information content (AvgIpc) is 2.36. The van der Waals surface area contributed by atoms with Crippen molar-refractivity contribution >= 4 is 46.4 Å². The first-order valence-corrected chi connectivity index (χ1v) is 6.67. The number of carbonyl (C=O) groups excluding carboxylic acids is 1. The number of halogens is 3. The molecule has 19 heavy (non-hydrogen) atoms. The molecule has 5 heteroatoms. The van der Waals surface area contributed by atoms with Gasteiger partial charge in [0.2, 0.25) is 5.91 Å². The van der Waals surface area contributed by atoms with Crippen molar-refractivity contribution in [3.63, 3.8) is 0 Å². The van der Waals surface area contributed by atoms with Crippen LogP contribution in [0.1, 0.15) is 5.56 Å². The van der Waals surface area contributed by atoms with Gasteiger partial charge < -0.3 is 5.32 Å². The summed E-state index contributed by atoms with van der Waals surface area (Å²) in [5.41, 5.74) is 1.43. The summed E-state index contributed by atoms with van der Waals surface area (Å²) >= 11 is 17.6. The Morgan fingerprint density at radius 3 is 2.21 bits per heavy atom. The third-order valence-electron chi connectivity index (χ3n) is 2.48. The molecule has 2 aromatic rings. The molecular formula is C14H10Cl3NO. The first-order valence-electron chi connectivity index (χ1n) is 5.54. The van der Waals surface area contributed by atoms with Crippen LogP contribution in [0.15, 0.2) is 42.5 Å². The number of anilines is 1. The van der Waals surface area contributed by atoms with Gasteiger partial charge in [0.1, 0.15) is 0 Å². The van der Waals surface area contributed by atoms with Gasteiger partial charge in [-0.05, 0) is 35.9 Å². The quantitative estimate of drug-likeness (QED) is 0.864. The summed E-state index contributed by atoms with van der Waals surface area (Å²) in [5.74, 6) is -0.147. The Balaban J connectivity index is 2.03. The van der Waals surface area contributed by atoms with Gasteiger partial charge in [0.05, 0.1) is 17.1 Å². The third kappa shape index (κ3) is 4.13. The molecule has 0 atom stereocenters. The molecule has 0 unspecified atom stereocenters. The molecule has 0 saturated heterocycles. The number of hydrogen-bond donors (Lipinski definition) is 1. The molecule has 0 aromatic heterocycles. The number of rotatable bonds is 3. The van der Waals surface area contributed by atoms with E-state index in [0.717, 1.165) is 5.56 Å². The zero-order chi connectivity index (χ0) is 13.8. The number of benzene rings is 2. The molecule has 2 aromatic carbocycles. The number of nitrogens with one attached hydrogen (secondary N) is 1. The highest BCUT2D eigenvalue weighted by molar-refractivity contribution is 6.36. The summed E-state index contributed by atoms with van der Waals surface area (Å²) in [5, 5.41) is 4.32. The lowest BCUT2D eigenvalue weighted by Gasteiger charge is -2.07. The maximum absolute atomic E-state index is 11.9. The van der Waals surface area contributed by atoms with Crippen LogP contribution in [0, 0.1) is 0 Å². The van der Waals surface area contributed by atoms with Gasteiger partial charge in [-0.1, -0.05) is 46.9 Å². The van der Waals surface area contributed by atoms with E-state index in [4.69, 9.17) is 34.8 Å². The van der Waals surface area contributed by atoms with Crippen molar-refractivity contribution in [1.82, 2.24) is 0 Å². The maximum Gasteiger partial charge on any atom is 0.228 e. The number of carbonyl (C=O) groups is 1. The van der Waals surface area contributed by atoms with E-state index in [1.54, 1.807) is 30.3 Å². The standard InChI is InChI=1S/C14H10Cl3NO/c15-10-3-1-9(2-4-10)7-14(19)18-13-6-5-11(16)8-12(13)17/h1-6,8H,7H2,(H,18,19). The predicted octanol–water partition coefficient (Wildman–Crippen LogP) is 4.83. The van der Waals surface area contributed by atoms with E-state index in [1.165, 1.54) is 0 Å². The van der Waals surface area contributed by atoms with Crippen molar-refractivity contribution in [3.8, 4) is 0 Å². The molecule has 0 radical (unpaired) electrons. The van der Waals surface area contributed by atoms with Crippen molar-refractivity contribution in [2.24, 2.45) is 0 Å². The monoisotopic (exact) mass is 313 g/mol.